The number of nitrogens with two attached hydrogens (primary N) is 1. The minimum atomic E-state index is -0.381. The Morgan fingerprint density at radius 1 is 1.33 bits per heavy atom. The van der Waals surface area contributed by atoms with Crippen molar-refractivity contribution in [3.05, 3.63) is 22.9 Å². The molecule has 1 fully saturated rings. The number of morpholine rings is 1. The molecular weight excluding hydrogens is 322 g/mol. The van der Waals surface area contributed by atoms with Crippen LogP contribution >= 0.6 is 11.8 Å². The first-order valence-electron chi connectivity index (χ1n) is 8.85. The molecule has 2 rings (SSSR count). The molecule has 6 heteroatoms. The van der Waals surface area contributed by atoms with Crippen LogP contribution in [0.5, 0.6) is 0 Å². The van der Waals surface area contributed by atoms with Gasteiger partial charge in [0.1, 0.15) is 5.03 Å². The molecule has 1 aromatic rings. The number of aryl methyl sites for hydroxylation is 2. The van der Waals surface area contributed by atoms with E-state index in [0.717, 1.165) is 67.7 Å². The molecule has 0 aliphatic carbocycles. The number of carbonyl (C=O) groups is 1. The van der Waals surface area contributed by atoms with Crippen molar-refractivity contribution >= 4 is 17.7 Å². The fourth-order valence-electron chi connectivity index (χ4n) is 3.02. The molecule has 1 aliphatic rings. The second-order valence-corrected chi connectivity index (χ2v) is 7.43. The van der Waals surface area contributed by atoms with E-state index in [4.69, 9.17) is 10.5 Å². The Hall–Kier alpha value is -1.11. The highest BCUT2D eigenvalue weighted by molar-refractivity contribution is 7.99. The number of rotatable bonds is 9. The van der Waals surface area contributed by atoms with Crippen molar-refractivity contribution in [2.24, 2.45) is 5.73 Å². The highest BCUT2D eigenvalue weighted by Crippen LogP contribution is 2.24. The summed E-state index contributed by atoms with van der Waals surface area (Å²) in [6.07, 6.45) is 4.50. The number of unbranched alkanes of at least 4 members (excludes halogenated alkanes) is 2. The molecule has 2 heterocycles. The lowest BCUT2D eigenvalue weighted by Crippen LogP contribution is -2.36. The third-order valence-electron chi connectivity index (χ3n) is 4.27. The Morgan fingerprint density at radius 2 is 2.08 bits per heavy atom. The van der Waals surface area contributed by atoms with Crippen LogP contribution in [0.4, 0.5) is 0 Å². The van der Waals surface area contributed by atoms with Crippen LogP contribution in [-0.4, -0.2) is 54.4 Å². The number of ether oxygens (including phenoxy) is 1. The molecule has 0 atom stereocenters. The number of hydrogen-bond acceptors (Lipinski definition) is 5. The van der Waals surface area contributed by atoms with Gasteiger partial charge in [-0.1, -0.05) is 13.3 Å². The first-order chi connectivity index (χ1) is 11.6. The standard InChI is InChI=1S/C18H29N3O2S/c1-3-24-18-16(17(19)22)14(2)13-15(20-18)7-5-4-6-8-21-9-11-23-12-10-21/h13H,3-12H2,1-2H3,(H2,19,22). The second-order valence-electron chi connectivity index (χ2n) is 6.17. The molecule has 0 saturated carbocycles. The summed E-state index contributed by atoms with van der Waals surface area (Å²) in [6.45, 7) is 9.03. The van der Waals surface area contributed by atoms with E-state index in [1.54, 1.807) is 11.8 Å². The molecule has 1 aromatic heterocycles. The van der Waals surface area contributed by atoms with Crippen LogP contribution in [0, 0.1) is 6.92 Å². The van der Waals surface area contributed by atoms with Crippen molar-refractivity contribution < 1.29 is 9.53 Å². The lowest BCUT2D eigenvalue weighted by atomic mass is 10.1. The van der Waals surface area contributed by atoms with Gasteiger partial charge in [-0.3, -0.25) is 9.69 Å². The molecular formula is C18H29N3O2S. The van der Waals surface area contributed by atoms with Gasteiger partial charge in [0.2, 0.25) is 0 Å². The molecule has 24 heavy (non-hydrogen) atoms. The van der Waals surface area contributed by atoms with Crippen LogP contribution in [0.2, 0.25) is 0 Å². The van der Waals surface area contributed by atoms with E-state index >= 15 is 0 Å². The number of hydrogen-bond donors (Lipinski definition) is 1. The van der Waals surface area contributed by atoms with Crippen molar-refractivity contribution in [2.45, 2.75) is 44.6 Å². The summed E-state index contributed by atoms with van der Waals surface area (Å²) in [7, 11) is 0. The molecule has 0 unspecified atom stereocenters. The van der Waals surface area contributed by atoms with Crippen LogP contribution in [0.1, 0.15) is 47.8 Å². The van der Waals surface area contributed by atoms with E-state index in [0.29, 0.717) is 5.56 Å². The van der Waals surface area contributed by atoms with Crippen LogP contribution < -0.4 is 5.73 Å². The third kappa shape index (κ3) is 5.76. The van der Waals surface area contributed by atoms with Crippen molar-refractivity contribution in [1.29, 1.82) is 0 Å². The number of pyridine rings is 1. The van der Waals surface area contributed by atoms with Gasteiger partial charge in [-0.15, -0.1) is 11.8 Å². The highest BCUT2D eigenvalue weighted by atomic mass is 32.2. The normalized spacial score (nSPS) is 15.6. The number of thioether (sulfide) groups is 1. The van der Waals surface area contributed by atoms with E-state index in [-0.39, 0.29) is 5.91 Å². The minimum absolute atomic E-state index is 0.381. The topological polar surface area (TPSA) is 68.5 Å². The van der Waals surface area contributed by atoms with Crippen molar-refractivity contribution in [2.75, 3.05) is 38.6 Å². The predicted molar refractivity (Wildman–Crippen MR) is 98.7 cm³/mol. The van der Waals surface area contributed by atoms with E-state index in [9.17, 15) is 4.79 Å². The van der Waals surface area contributed by atoms with Gasteiger partial charge < -0.3 is 10.5 Å². The van der Waals surface area contributed by atoms with Gasteiger partial charge in [-0.05, 0) is 50.1 Å². The van der Waals surface area contributed by atoms with Crippen LogP contribution in [0.15, 0.2) is 11.1 Å². The van der Waals surface area contributed by atoms with Gasteiger partial charge in [-0.25, -0.2) is 4.98 Å². The molecule has 0 bridgehead atoms. The monoisotopic (exact) mass is 351 g/mol. The Bertz CT molecular complexity index is 545. The Kier molecular flexibility index (Phi) is 8.02. The van der Waals surface area contributed by atoms with Gasteiger partial charge in [0.15, 0.2) is 0 Å². The maximum absolute atomic E-state index is 11.6. The molecule has 2 N–H and O–H groups in total. The molecule has 1 saturated heterocycles. The highest BCUT2D eigenvalue weighted by Gasteiger charge is 2.15. The Morgan fingerprint density at radius 3 is 2.75 bits per heavy atom. The fraction of sp³-hybridized carbons (Fsp3) is 0.667. The molecule has 1 aliphatic heterocycles. The van der Waals surface area contributed by atoms with Gasteiger partial charge >= 0.3 is 0 Å². The summed E-state index contributed by atoms with van der Waals surface area (Å²) in [4.78, 5) is 18.8. The maximum atomic E-state index is 11.6. The minimum Gasteiger partial charge on any atom is -0.379 e. The number of amides is 1. The van der Waals surface area contributed by atoms with Gasteiger partial charge in [0, 0.05) is 18.8 Å². The number of primary amides is 1. The molecule has 5 nitrogen and oxygen atoms in total. The summed E-state index contributed by atoms with van der Waals surface area (Å²) >= 11 is 1.59. The lowest BCUT2D eigenvalue weighted by molar-refractivity contribution is 0.0371. The first kappa shape index (κ1) is 19.2. The molecule has 0 radical (unpaired) electrons. The molecule has 134 valence electrons. The largest absolute Gasteiger partial charge is 0.379 e. The van der Waals surface area contributed by atoms with E-state index in [1.165, 1.54) is 12.8 Å². The summed E-state index contributed by atoms with van der Waals surface area (Å²) in [5.74, 6) is 0.503. The zero-order valence-corrected chi connectivity index (χ0v) is 15.7. The van der Waals surface area contributed by atoms with Gasteiger partial charge in [0.25, 0.3) is 5.91 Å². The third-order valence-corrected chi connectivity index (χ3v) is 5.13. The number of carbonyl (C=O) groups excluding carboxylic acids is 1. The zero-order valence-electron chi connectivity index (χ0n) is 14.8. The fourth-order valence-corrected chi connectivity index (χ4v) is 3.88. The van der Waals surface area contributed by atoms with Crippen molar-refractivity contribution in [3.8, 4) is 0 Å². The summed E-state index contributed by atoms with van der Waals surface area (Å²) in [5, 5.41) is 0.785. The van der Waals surface area contributed by atoms with Crippen LogP contribution in [-0.2, 0) is 11.2 Å². The Labute approximate surface area is 149 Å². The summed E-state index contributed by atoms with van der Waals surface area (Å²) < 4.78 is 5.37. The van der Waals surface area contributed by atoms with Crippen LogP contribution in [0.25, 0.3) is 0 Å². The zero-order chi connectivity index (χ0) is 17.4. The van der Waals surface area contributed by atoms with Gasteiger partial charge in [-0.2, -0.15) is 0 Å². The number of aromatic nitrogens is 1. The smallest absolute Gasteiger partial charge is 0.251 e. The molecule has 0 aromatic carbocycles. The first-order valence-corrected chi connectivity index (χ1v) is 9.83. The predicted octanol–water partition coefficient (Wildman–Crippen LogP) is 2.65. The average molecular weight is 352 g/mol. The summed E-state index contributed by atoms with van der Waals surface area (Å²) in [5.41, 5.74) is 8.09. The van der Waals surface area contributed by atoms with E-state index in [2.05, 4.69) is 16.8 Å². The lowest BCUT2D eigenvalue weighted by Gasteiger charge is -2.26. The van der Waals surface area contributed by atoms with E-state index < -0.39 is 0 Å². The quantitative estimate of drug-likeness (QED) is 0.547. The van der Waals surface area contributed by atoms with Crippen molar-refractivity contribution in [3.63, 3.8) is 0 Å². The summed E-state index contributed by atoms with van der Waals surface area (Å²) in [6, 6.07) is 2.02. The SMILES string of the molecule is CCSc1nc(CCCCCN2CCOCC2)cc(C)c1C(N)=O. The van der Waals surface area contributed by atoms with Crippen molar-refractivity contribution in [1.82, 2.24) is 9.88 Å². The van der Waals surface area contributed by atoms with Crippen LogP contribution in [0.3, 0.4) is 0 Å². The second kappa shape index (κ2) is 10.0. The average Bonchev–Trinajstić information content (AvgIpc) is 2.55. The molecule has 1 amide bonds. The van der Waals surface area contributed by atoms with E-state index in [1.807, 2.05) is 13.0 Å². The van der Waals surface area contributed by atoms with Gasteiger partial charge in [0.05, 0.1) is 18.8 Å². The Balaban J connectivity index is 1.82. The maximum Gasteiger partial charge on any atom is 0.251 e. The number of nitrogens with zero attached hydrogens (tertiary/aromatic N) is 2. The molecule has 0 spiro atoms.